The Hall–Kier alpha value is -1.95. The van der Waals surface area contributed by atoms with E-state index in [1.54, 1.807) is 12.1 Å². The fourth-order valence-corrected chi connectivity index (χ4v) is 1.01. The topological polar surface area (TPSA) is 83.7 Å². The molecule has 74 valence electrons. The predicted molar refractivity (Wildman–Crippen MR) is 53.2 cm³/mol. The minimum atomic E-state index is 0.379. The summed E-state index contributed by atoms with van der Waals surface area (Å²) < 4.78 is 5.42. The van der Waals surface area contributed by atoms with Gasteiger partial charge in [0.1, 0.15) is 12.4 Å². The second-order valence-corrected chi connectivity index (χ2v) is 2.78. The fraction of sp³-hybridized carbons (Fsp3) is 0.125. The zero-order chi connectivity index (χ0) is 9.80. The average molecular weight is 193 g/mol. The van der Waals surface area contributed by atoms with Crippen LogP contribution in [0, 0.1) is 0 Å². The highest BCUT2D eigenvalue weighted by atomic mass is 16.5. The first kappa shape index (κ1) is 8.64. The second-order valence-electron chi connectivity index (χ2n) is 2.78. The van der Waals surface area contributed by atoms with Crippen molar-refractivity contribution in [1.29, 1.82) is 0 Å². The third-order valence-electron chi connectivity index (χ3n) is 1.71. The molecule has 0 aromatic heterocycles. The van der Waals surface area contributed by atoms with Crippen molar-refractivity contribution in [2.45, 2.75) is 0 Å². The number of amidine groups is 1. The molecule has 1 aromatic carbocycles. The lowest BCUT2D eigenvalue weighted by Gasteiger charge is -2.05. The maximum Gasteiger partial charge on any atom is 0.177 e. The van der Waals surface area contributed by atoms with Crippen molar-refractivity contribution in [2.75, 3.05) is 12.3 Å². The molecular weight excluding hydrogens is 182 g/mol. The van der Waals surface area contributed by atoms with Gasteiger partial charge < -0.3 is 10.5 Å². The highest BCUT2D eigenvalue weighted by molar-refractivity contribution is 5.83. The lowest BCUT2D eigenvalue weighted by atomic mass is 10.3. The van der Waals surface area contributed by atoms with Gasteiger partial charge in [-0.05, 0) is 24.3 Å². The number of hydrogen-bond acceptors (Lipinski definition) is 6. The molecule has 0 bridgehead atoms. The van der Waals surface area contributed by atoms with Crippen molar-refractivity contribution in [1.82, 2.24) is 16.5 Å². The molecule has 1 aliphatic rings. The van der Waals surface area contributed by atoms with Gasteiger partial charge >= 0.3 is 0 Å². The number of rotatable bonds is 3. The number of nitrogens with two attached hydrogens (primary N) is 1. The molecule has 0 atom stereocenters. The molecule has 2 rings (SSSR count). The van der Waals surface area contributed by atoms with Crippen LogP contribution in [0.1, 0.15) is 0 Å². The van der Waals surface area contributed by atoms with Crippen molar-refractivity contribution in [3.8, 4) is 5.75 Å². The average Bonchev–Trinajstić information content (AvgIpc) is 2.70. The molecule has 1 aliphatic heterocycles. The molecule has 0 fully saturated rings. The molecule has 5 N–H and O–H groups in total. The van der Waals surface area contributed by atoms with E-state index < -0.39 is 0 Å². The van der Waals surface area contributed by atoms with E-state index in [-0.39, 0.29) is 0 Å². The van der Waals surface area contributed by atoms with Crippen LogP contribution in [0.4, 0.5) is 5.69 Å². The highest BCUT2D eigenvalue weighted by Gasteiger charge is 2.04. The SMILES string of the molecule is Nc1ccc(OCC2=NNNN2)cc1. The summed E-state index contributed by atoms with van der Waals surface area (Å²) in [6, 6.07) is 7.20. The summed E-state index contributed by atoms with van der Waals surface area (Å²) in [5.41, 5.74) is 14.2. The van der Waals surface area contributed by atoms with Gasteiger partial charge in [-0.25, -0.2) is 5.53 Å². The summed E-state index contributed by atoms with van der Waals surface area (Å²) in [5, 5.41) is 3.86. The van der Waals surface area contributed by atoms with Crippen LogP contribution in [0.25, 0.3) is 0 Å². The molecule has 0 unspecified atom stereocenters. The van der Waals surface area contributed by atoms with Crippen LogP contribution < -0.4 is 27.0 Å². The van der Waals surface area contributed by atoms with Crippen molar-refractivity contribution in [2.24, 2.45) is 5.10 Å². The quantitative estimate of drug-likeness (QED) is 0.490. The lowest BCUT2D eigenvalue weighted by molar-refractivity contribution is 0.372. The van der Waals surface area contributed by atoms with Crippen molar-refractivity contribution >= 4 is 11.5 Å². The van der Waals surface area contributed by atoms with Crippen LogP contribution in [0.3, 0.4) is 0 Å². The van der Waals surface area contributed by atoms with Crippen molar-refractivity contribution in [3.05, 3.63) is 24.3 Å². The van der Waals surface area contributed by atoms with Gasteiger partial charge in [0.15, 0.2) is 5.84 Å². The Morgan fingerprint density at radius 3 is 2.71 bits per heavy atom. The van der Waals surface area contributed by atoms with E-state index in [0.29, 0.717) is 12.4 Å². The lowest BCUT2D eigenvalue weighted by Crippen LogP contribution is -2.37. The summed E-state index contributed by atoms with van der Waals surface area (Å²) in [5.74, 6) is 1.46. The van der Waals surface area contributed by atoms with Gasteiger partial charge in [-0.3, -0.25) is 5.43 Å². The Kier molecular flexibility index (Phi) is 2.37. The van der Waals surface area contributed by atoms with E-state index in [2.05, 4.69) is 21.6 Å². The first-order valence-corrected chi connectivity index (χ1v) is 4.15. The van der Waals surface area contributed by atoms with E-state index >= 15 is 0 Å². The normalized spacial score (nSPS) is 14.1. The third-order valence-corrected chi connectivity index (χ3v) is 1.71. The van der Waals surface area contributed by atoms with E-state index in [9.17, 15) is 0 Å². The zero-order valence-electron chi connectivity index (χ0n) is 7.45. The van der Waals surface area contributed by atoms with Gasteiger partial charge in [0.2, 0.25) is 0 Å². The van der Waals surface area contributed by atoms with Crippen LogP contribution in [-0.2, 0) is 0 Å². The number of benzene rings is 1. The Morgan fingerprint density at radius 1 is 1.29 bits per heavy atom. The molecule has 0 aliphatic carbocycles. The molecule has 14 heavy (non-hydrogen) atoms. The second kappa shape index (κ2) is 3.84. The van der Waals surface area contributed by atoms with Gasteiger partial charge in [0, 0.05) is 5.69 Å². The molecule has 0 amide bonds. The number of anilines is 1. The highest BCUT2D eigenvalue weighted by Crippen LogP contribution is 2.12. The Bertz CT molecular complexity index is 334. The zero-order valence-corrected chi connectivity index (χ0v) is 7.45. The Balaban J connectivity index is 1.88. The third kappa shape index (κ3) is 2.05. The molecule has 1 heterocycles. The van der Waals surface area contributed by atoms with Crippen LogP contribution in [0.2, 0.25) is 0 Å². The predicted octanol–water partition coefficient (Wildman–Crippen LogP) is -0.426. The maximum absolute atomic E-state index is 5.53. The Labute approximate surface area is 81.1 Å². The largest absolute Gasteiger partial charge is 0.486 e. The van der Waals surface area contributed by atoms with Gasteiger partial charge in [0.25, 0.3) is 0 Å². The van der Waals surface area contributed by atoms with Gasteiger partial charge in [-0.2, -0.15) is 0 Å². The number of nitrogens with one attached hydrogen (secondary N) is 3. The van der Waals surface area contributed by atoms with Gasteiger partial charge in [-0.1, -0.05) is 0 Å². The molecule has 1 aromatic rings. The first-order chi connectivity index (χ1) is 6.84. The number of hydrogen-bond donors (Lipinski definition) is 4. The summed E-state index contributed by atoms with van der Waals surface area (Å²) >= 11 is 0. The van der Waals surface area contributed by atoms with E-state index in [1.165, 1.54) is 0 Å². The number of hydrazone groups is 1. The summed E-state index contributed by atoms with van der Waals surface area (Å²) in [6.07, 6.45) is 0. The smallest absolute Gasteiger partial charge is 0.177 e. The minimum Gasteiger partial charge on any atom is -0.486 e. The number of nitrogens with zero attached hydrogens (tertiary/aromatic N) is 1. The van der Waals surface area contributed by atoms with Crippen molar-refractivity contribution < 1.29 is 4.74 Å². The monoisotopic (exact) mass is 193 g/mol. The number of nitrogen functional groups attached to an aromatic ring is 1. The number of ether oxygens (including phenoxy) is 1. The number of hydrazine groups is 2. The molecule has 0 saturated heterocycles. The molecule has 0 radical (unpaired) electrons. The molecule has 0 saturated carbocycles. The molecule has 6 nitrogen and oxygen atoms in total. The maximum atomic E-state index is 5.53. The minimum absolute atomic E-state index is 0.379. The van der Waals surface area contributed by atoms with Gasteiger partial charge in [0.05, 0.1) is 0 Å². The molecule has 6 heteroatoms. The van der Waals surface area contributed by atoms with Crippen LogP contribution in [0.15, 0.2) is 29.4 Å². The van der Waals surface area contributed by atoms with E-state index in [4.69, 9.17) is 10.5 Å². The van der Waals surface area contributed by atoms with Crippen LogP contribution in [0.5, 0.6) is 5.75 Å². The van der Waals surface area contributed by atoms with Crippen LogP contribution >= 0.6 is 0 Å². The van der Waals surface area contributed by atoms with E-state index in [1.807, 2.05) is 12.1 Å². The van der Waals surface area contributed by atoms with Crippen LogP contribution in [-0.4, -0.2) is 12.4 Å². The molecule has 0 spiro atoms. The fourth-order valence-electron chi connectivity index (χ4n) is 1.01. The summed E-state index contributed by atoms with van der Waals surface area (Å²) in [7, 11) is 0. The first-order valence-electron chi connectivity index (χ1n) is 4.15. The molecular formula is C8H11N5O. The summed E-state index contributed by atoms with van der Waals surface area (Å²) in [6.45, 7) is 0.379. The van der Waals surface area contributed by atoms with E-state index in [0.717, 1.165) is 11.4 Å². The van der Waals surface area contributed by atoms with Gasteiger partial charge in [-0.15, -0.1) is 10.6 Å². The standard InChI is InChI=1S/C8H11N5O/c9-6-1-3-7(4-2-6)14-5-8-10-12-13-11-8/h1-4,12-13H,5,9H2,(H,10,11). The van der Waals surface area contributed by atoms with Crippen molar-refractivity contribution in [3.63, 3.8) is 0 Å². The Morgan fingerprint density at radius 2 is 2.07 bits per heavy atom. The summed E-state index contributed by atoms with van der Waals surface area (Å²) in [4.78, 5) is 0.